The standard InChI is InChI=1S/C16H27N3O8/c1-4-5-6-24-15(23)18-9(12(17)21)13(22)19-14-11-10(8(7-20)25-14)26-16(2,3)27-11/h8-11,14,20H,4-7H2,1-3H3,(H2,17,21)(H,18,23)(H,19,22)/t8-,9?,10-,11-,14-/m1/s1. The number of carbonyl (C=O) groups excluding carboxylic acids is 3. The van der Waals surface area contributed by atoms with Gasteiger partial charge in [0.2, 0.25) is 5.91 Å². The van der Waals surface area contributed by atoms with Crippen LogP contribution in [0.15, 0.2) is 0 Å². The number of unbranched alkanes of at least 4 members (excludes halogenated alkanes) is 1. The van der Waals surface area contributed by atoms with Gasteiger partial charge in [-0.25, -0.2) is 4.79 Å². The van der Waals surface area contributed by atoms with Crippen LogP contribution in [0.3, 0.4) is 0 Å². The van der Waals surface area contributed by atoms with Crippen molar-refractivity contribution in [3.05, 3.63) is 0 Å². The summed E-state index contributed by atoms with van der Waals surface area (Å²) in [7, 11) is 0. The first-order valence-corrected chi connectivity index (χ1v) is 8.83. The van der Waals surface area contributed by atoms with E-state index in [2.05, 4.69) is 10.6 Å². The normalized spacial score (nSPS) is 29.6. The summed E-state index contributed by atoms with van der Waals surface area (Å²) in [6, 6.07) is -1.65. The zero-order valence-corrected chi connectivity index (χ0v) is 15.6. The molecule has 0 aromatic carbocycles. The Hall–Kier alpha value is -1.95. The Morgan fingerprint density at radius 2 is 1.93 bits per heavy atom. The number of alkyl carbamates (subject to hydrolysis) is 1. The van der Waals surface area contributed by atoms with Gasteiger partial charge in [0.25, 0.3) is 5.91 Å². The number of aliphatic hydroxyl groups is 1. The first kappa shape index (κ1) is 21.4. The van der Waals surface area contributed by atoms with Crippen LogP contribution in [0.25, 0.3) is 0 Å². The fourth-order valence-electron chi connectivity index (χ4n) is 2.90. The second kappa shape index (κ2) is 8.83. The molecule has 0 aliphatic carbocycles. The predicted molar refractivity (Wildman–Crippen MR) is 90.1 cm³/mol. The third kappa shape index (κ3) is 5.28. The van der Waals surface area contributed by atoms with E-state index in [-0.39, 0.29) is 13.2 Å². The van der Waals surface area contributed by atoms with Gasteiger partial charge in [-0.15, -0.1) is 0 Å². The van der Waals surface area contributed by atoms with Crippen LogP contribution in [0.2, 0.25) is 0 Å². The van der Waals surface area contributed by atoms with E-state index in [4.69, 9.17) is 24.7 Å². The number of primary amides is 1. The van der Waals surface area contributed by atoms with Crippen LogP contribution in [0.5, 0.6) is 0 Å². The Kier molecular flexibility index (Phi) is 6.98. The van der Waals surface area contributed by atoms with Crippen LogP contribution < -0.4 is 16.4 Å². The number of fused-ring (bicyclic) bond motifs is 1. The van der Waals surface area contributed by atoms with E-state index in [9.17, 15) is 19.5 Å². The molecule has 3 amide bonds. The molecule has 0 aromatic rings. The van der Waals surface area contributed by atoms with Crippen molar-refractivity contribution in [2.75, 3.05) is 13.2 Å². The van der Waals surface area contributed by atoms with Crippen LogP contribution in [-0.2, 0) is 28.5 Å². The van der Waals surface area contributed by atoms with Crippen molar-refractivity contribution in [1.82, 2.24) is 10.6 Å². The molecule has 2 saturated heterocycles. The molecule has 5 N–H and O–H groups in total. The van der Waals surface area contributed by atoms with Crippen molar-refractivity contribution in [1.29, 1.82) is 0 Å². The molecule has 2 rings (SSSR count). The van der Waals surface area contributed by atoms with Gasteiger partial charge in [-0.05, 0) is 20.3 Å². The number of carbonyl (C=O) groups is 3. The molecule has 0 bridgehead atoms. The quantitative estimate of drug-likeness (QED) is 0.295. The molecular weight excluding hydrogens is 362 g/mol. The highest BCUT2D eigenvalue weighted by Gasteiger charge is 2.55. The monoisotopic (exact) mass is 389 g/mol. The minimum Gasteiger partial charge on any atom is -0.450 e. The first-order valence-electron chi connectivity index (χ1n) is 8.83. The van der Waals surface area contributed by atoms with E-state index < -0.39 is 54.3 Å². The molecule has 0 radical (unpaired) electrons. The highest BCUT2D eigenvalue weighted by atomic mass is 16.8. The maximum absolute atomic E-state index is 12.4. The van der Waals surface area contributed by atoms with Gasteiger partial charge in [0, 0.05) is 0 Å². The molecule has 5 atom stereocenters. The van der Waals surface area contributed by atoms with Crippen LogP contribution in [0, 0.1) is 0 Å². The number of amides is 3. The van der Waals surface area contributed by atoms with Gasteiger partial charge in [0.05, 0.1) is 13.2 Å². The zero-order chi connectivity index (χ0) is 20.2. The lowest BCUT2D eigenvalue weighted by Crippen LogP contribution is -2.57. The van der Waals surface area contributed by atoms with Crippen molar-refractivity contribution in [3.8, 4) is 0 Å². The lowest BCUT2D eigenvalue weighted by Gasteiger charge is -2.25. The second-order valence-electron chi connectivity index (χ2n) is 6.82. The van der Waals surface area contributed by atoms with Gasteiger partial charge in [0.1, 0.15) is 18.3 Å². The van der Waals surface area contributed by atoms with Crippen molar-refractivity contribution in [2.45, 2.75) is 70.0 Å². The van der Waals surface area contributed by atoms with Gasteiger partial charge < -0.3 is 40.4 Å². The van der Waals surface area contributed by atoms with Gasteiger partial charge >= 0.3 is 6.09 Å². The molecule has 154 valence electrons. The van der Waals surface area contributed by atoms with Crippen LogP contribution in [0.1, 0.15) is 33.6 Å². The van der Waals surface area contributed by atoms with E-state index in [1.807, 2.05) is 6.92 Å². The highest BCUT2D eigenvalue weighted by Crippen LogP contribution is 2.37. The molecule has 2 aliphatic heterocycles. The number of aliphatic hydroxyl groups excluding tert-OH is 1. The van der Waals surface area contributed by atoms with E-state index >= 15 is 0 Å². The summed E-state index contributed by atoms with van der Waals surface area (Å²) in [5, 5.41) is 14.0. The molecule has 11 nitrogen and oxygen atoms in total. The fraction of sp³-hybridized carbons (Fsp3) is 0.812. The maximum Gasteiger partial charge on any atom is 0.408 e. The second-order valence-corrected chi connectivity index (χ2v) is 6.82. The summed E-state index contributed by atoms with van der Waals surface area (Å²) in [6.07, 6.45) is -2.43. The Labute approximate surface area is 156 Å². The van der Waals surface area contributed by atoms with Crippen LogP contribution in [0.4, 0.5) is 4.79 Å². The lowest BCUT2D eigenvalue weighted by molar-refractivity contribution is -0.194. The summed E-state index contributed by atoms with van der Waals surface area (Å²) in [4.78, 5) is 35.7. The summed E-state index contributed by atoms with van der Waals surface area (Å²) in [5.41, 5.74) is 5.21. The smallest absolute Gasteiger partial charge is 0.408 e. The number of ether oxygens (including phenoxy) is 4. The van der Waals surface area contributed by atoms with E-state index in [1.165, 1.54) is 0 Å². The number of nitrogens with two attached hydrogens (primary N) is 1. The van der Waals surface area contributed by atoms with Gasteiger partial charge in [-0.1, -0.05) is 13.3 Å². The Morgan fingerprint density at radius 1 is 1.26 bits per heavy atom. The number of hydrogen-bond donors (Lipinski definition) is 4. The third-order valence-electron chi connectivity index (χ3n) is 4.15. The van der Waals surface area contributed by atoms with Gasteiger partial charge in [-0.3, -0.25) is 9.59 Å². The Bertz CT molecular complexity index is 570. The maximum atomic E-state index is 12.4. The first-order chi connectivity index (χ1) is 12.7. The topological polar surface area (TPSA) is 158 Å². The van der Waals surface area contributed by atoms with Gasteiger partial charge in [0.15, 0.2) is 18.1 Å². The van der Waals surface area contributed by atoms with Crippen molar-refractivity contribution < 1.29 is 38.4 Å². The molecular formula is C16H27N3O8. The number of nitrogens with one attached hydrogen (secondary N) is 2. The molecule has 1 unspecified atom stereocenters. The fourth-order valence-corrected chi connectivity index (χ4v) is 2.90. The molecule has 11 heteroatoms. The van der Waals surface area contributed by atoms with Crippen LogP contribution in [-0.4, -0.2) is 72.6 Å². The highest BCUT2D eigenvalue weighted by molar-refractivity contribution is 6.05. The van der Waals surface area contributed by atoms with E-state index in [1.54, 1.807) is 13.8 Å². The van der Waals surface area contributed by atoms with E-state index in [0.717, 1.165) is 6.42 Å². The lowest BCUT2D eigenvalue weighted by atomic mass is 10.1. The average Bonchev–Trinajstić information content (AvgIpc) is 3.06. The average molecular weight is 389 g/mol. The molecule has 0 aromatic heterocycles. The molecule has 2 aliphatic rings. The summed E-state index contributed by atoms with van der Waals surface area (Å²) < 4.78 is 21.8. The van der Waals surface area contributed by atoms with Crippen LogP contribution >= 0.6 is 0 Å². The number of hydrogen-bond acceptors (Lipinski definition) is 8. The molecule has 2 fully saturated rings. The Balaban J connectivity index is 1.98. The summed E-state index contributed by atoms with van der Waals surface area (Å²) >= 11 is 0. The summed E-state index contributed by atoms with van der Waals surface area (Å²) in [5.74, 6) is -2.86. The third-order valence-corrected chi connectivity index (χ3v) is 4.15. The minimum absolute atomic E-state index is 0.156. The van der Waals surface area contributed by atoms with E-state index in [0.29, 0.717) is 6.42 Å². The van der Waals surface area contributed by atoms with Crippen molar-refractivity contribution in [2.24, 2.45) is 5.73 Å². The molecule has 27 heavy (non-hydrogen) atoms. The minimum atomic E-state index is -1.65. The Morgan fingerprint density at radius 3 is 2.52 bits per heavy atom. The van der Waals surface area contributed by atoms with Crippen molar-refractivity contribution >= 4 is 17.9 Å². The molecule has 0 saturated carbocycles. The molecule has 0 spiro atoms. The van der Waals surface area contributed by atoms with Crippen molar-refractivity contribution in [3.63, 3.8) is 0 Å². The largest absolute Gasteiger partial charge is 0.450 e. The molecule has 2 heterocycles. The SMILES string of the molecule is CCCCOC(=O)NC(C(N)=O)C(=O)N[C@@H]1O[C@H](CO)[C@H]2OC(C)(C)O[C@H]21. The predicted octanol–water partition coefficient (Wildman–Crippen LogP) is -1.28. The number of rotatable bonds is 8. The summed E-state index contributed by atoms with van der Waals surface area (Å²) in [6.45, 7) is 5.13. The van der Waals surface area contributed by atoms with Gasteiger partial charge in [-0.2, -0.15) is 0 Å². The zero-order valence-electron chi connectivity index (χ0n) is 15.6.